The molecule has 1 saturated heterocycles. The minimum Gasteiger partial charge on any atom is -0.439 e. The lowest BCUT2D eigenvalue weighted by molar-refractivity contribution is -0.115. The maximum absolute atomic E-state index is 13.0. The number of carbonyl (C=O) groups is 1. The number of hydrogen-bond donors (Lipinski definition) is 1. The number of benzene rings is 1. The van der Waals surface area contributed by atoms with Gasteiger partial charge in [-0.2, -0.15) is 4.98 Å². The van der Waals surface area contributed by atoms with Crippen LogP contribution in [-0.2, 0) is 9.53 Å². The molecule has 1 aliphatic heterocycles. The molecular formula is C24H26FN5O3. The zero-order valence-corrected chi connectivity index (χ0v) is 18.7. The monoisotopic (exact) mass is 451 g/mol. The highest BCUT2D eigenvalue weighted by molar-refractivity contribution is 5.64. The normalized spacial score (nSPS) is 18.9. The third-order valence-corrected chi connectivity index (χ3v) is 5.50. The van der Waals surface area contributed by atoms with E-state index in [0.29, 0.717) is 35.9 Å². The molecule has 8 nitrogen and oxygen atoms in total. The van der Waals surface area contributed by atoms with Gasteiger partial charge in [-0.1, -0.05) is 19.9 Å². The zero-order chi connectivity index (χ0) is 23.4. The Morgan fingerprint density at radius 3 is 2.61 bits per heavy atom. The third-order valence-electron chi connectivity index (χ3n) is 5.50. The Balaban J connectivity index is 1.44. The van der Waals surface area contributed by atoms with E-state index in [9.17, 15) is 9.18 Å². The maximum atomic E-state index is 13.0. The fourth-order valence-electron chi connectivity index (χ4n) is 3.64. The average Bonchev–Trinajstić information content (AvgIpc) is 3.26. The number of rotatable bonds is 8. The number of nitrogens with zero attached hydrogens (tertiary/aromatic N) is 4. The van der Waals surface area contributed by atoms with Gasteiger partial charge < -0.3 is 19.7 Å². The Morgan fingerprint density at radius 1 is 1.15 bits per heavy atom. The molecule has 0 radical (unpaired) electrons. The summed E-state index contributed by atoms with van der Waals surface area (Å²) in [7, 11) is 0. The Kier molecular flexibility index (Phi) is 6.79. The number of aldehydes is 1. The van der Waals surface area contributed by atoms with Crippen molar-refractivity contribution in [2.75, 3.05) is 16.8 Å². The summed E-state index contributed by atoms with van der Waals surface area (Å²) in [5, 5.41) is 3.27. The quantitative estimate of drug-likeness (QED) is 0.505. The van der Waals surface area contributed by atoms with Gasteiger partial charge in [-0.25, -0.2) is 14.4 Å². The van der Waals surface area contributed by atoms with Crippen molar-refractivity contribution in [2.24, 2.45) is 5.92 Å². The van der Waals surface area contributed by atoms with Gasteiger partial charge in [-0.15, -0.1) is 0 Å². The Bertz CT molecular complexity index is 1080. The van der Waals surface area contributed by atoms with Crippen LogP contribution in [0, 0.1) is 11.7 Å². The van der Waals surface area contributed by atoms with E-state index in [1.54, 1.807) is 36.7 Å². The van der Waals surface area contributed by atoms with Gasteiger partial charge in [0.05, 0.1) is 18.7 Å². The first-order valence-electron chi connectivity index (χ1n) is 10.8. The van der Waals surface area contributed by atoms with Crippen LogP contribution in [0.25, 0.3) is 0 Å². The molecule has 1 aromatic carbocycles. The predicted molar refractivity (Wildman–Crippen MR) is 122 cm³/mol. The first-order valence-corrected chi connectivity index (χ1v) is 10.8. The summed E-state index contributed by atoms with van der Waals surface area (Å²) in [6, 6.07) is 11.1. The summed E-state index contributed by atoms with van der Waals surface area (Å²) < 4.78 is 24.3. The molecule has 172 valence electrons. The second-order valence-corrected chi connectivity index (χ2v) is 8.17. The third kappa shape index (κ3) is 5.25. The number of nitrogens with one attached hydrogen (secondary N) is 1. The molecule has 1 aliphatic rings. The molecule has 4 rings (SSSR count). The molecule has 1 fully saturated rings. The van der Waals surface area contributed by atoms with Crippen molar-refractivity contribution in [3.63, 3.8) is 0 Å². The van der Waals surface area contributed by atoms with E-state index in [1.807, 2.05) is 17.9 Å². The lowest BCUT2D eigenvalue weighted by Gasteiger charge is -2.29. The molecule has 3 aromatic rings. The van der Waals surface area contributed by atoms with E-state index in [4.69, 9.17) is 9.47 Å². The summed E-state index contributed by atoms with van der Waals surface area (Å²) in [5.41, 5.74) is 0.908. The predicted octanol–water partition coefficient (Wildman–Crippen LogP) is 4.36. The molecule has 1 N–H and O–H groups in total. The van der Waals surface area contributed by atoms with Crippen molar-refractivity contribution < 1.29 is 18.7 Å². The molecule has 0 amide bonds. The molecule has 3 heterocycles. The molecule has 0 aliphatic carbocycles. The van der Waals surface area contributed by atoms with Crippen LogP contribution < -0.4 is 15.0 Å². The fraction of sp³-hybridized carbons (Fsp3) is 0.333. The van der Waals surface area contributed by atoms with Crippen molar-refractivity contribution in [1.82, 2.24) is 15.0 Å². The summed E-state index contributed by atoms with van der Waals surface area (Å²) in [4.78, 5) is 26.7. The first kappa shape index (κ1) is 22.6. The minimum absolute atomic E-state index is 0.0539. The molecule has 0 bridgehead atoms. The van der Waals surface area contributed by atoms with Gasteiger partial charge >= 0.3 is 0 Å². The molecule has 1 unspecified atom stereocenters. The molecule has 9 heteroatoms. The highest BCUT2D eigenvalue weighted by Gasteiger charge is 2.37. The van der Waals surface area contributed by atoms with Crippen LogP contribution in [0.3, 0.4) is 0 Å². The second kappa shape index (κ2) is 9.91. The Hall–Kier alpha value is -3.59. The SMILES string of the molecule is CC(C)[C@H]1COC(C=O)N1c1ccnc(N[C@@H](C)c2ccc(Oc3ccc(F)cc3)nc2)n1. The zero-order valence-electron chi connectivity index (χ0n) is 18.7. The lowest BCUT2D eigenvalue weighted by atomic mass is 10.0. The van der Waals surface area contributed by atoms with Gasteiger partial charge in [0.1, 0.15) is 17.4 Å². The number of ether oxygens (including phenoxy) is 2. The fourth-order valence-corrected chi connectivity index (χ4v) is 3.64. The van der Waals surface area contributed by atoms with E-state index in [-0.39, 0.29) is 17.9 Å². The van der Waals surface area contributed by atoms with Crippen LogP contribution >= 0.6 is 0 Å². The molecular weight excluding hydrogens is 425 g/mol. The van der Waals surface area contributed by atoms with Gasteiger partial charge in [0.25, 0.3) is 0 Å². The number of halogens is 1. The molecule has 0 saturated carbocycles. The number of hydrogen-bond acceptors (Lipinski definition) is 8. The van der Waals surface area contributed by atoms with Gasteiger partial charge in [0, 0.05) is 18.5 Å². The lowest BCUT2D eigenvalue weighted by Crippen LogP contribution is -2.41. The Morgan fingerprint density at radius 2 is 1.94 bits per heavy atom. The van der Waals surface area contributed by atoms with E-state index >= 15 is 0 Å². The molecule has 33 heavy (non-hydrogen) atoms. The summed E-state index contributed by atoms with van der Waals surface area (Å²) in [6.07, 6.45) is 3.50. The summed E-state index contributed by atoms with van der Waals surface area (Å²) in [5.74, 6) is 1.95. The van der Waals surface area contributed by atoms with Crippen LogP contribution in [0.1, 0.15) is 32.4 Å². The largest absolute Gasteiger partial charge is 0.439 e. The van der Waals surface area contributed by atoms with Crippen molar-refractivity contribution in [1.29, 1.82) is 0 Å². The van der Waals surface area contributed by atoms with Crippen molar-refractivity contribution in [3.05, 3.63) is 66.2 Å². The van der Waals surface area contributed by atoms with E-state index < -0.39 is 6.23 Å². The number of carbonyl (C=O) groups excluding carboxylic acids is 1. The molecule has 2 aromatic heterocycles. The van der Waals surface area contributed by atoms with Crippen molar-refractivity contribution in [2.45, 2.75) is 39.1 Å². The van der Waals surface area contributed by atoms with Gasteiger partial charge in [0.2, 0.25) is 11.8 Å². The highest BCUT2D eigenvalue weighted by atomic mass is 19.1. The van der Waals surface area contributed by atoms with E-state index in [1.165, 1.54) is 12.1 Å². The number of anilines is 2. The molecule has 0 spiro atoms. The summed E-state index contributed by atoms with van der Waals surface area (Å²) in [6.45, 7) is 6.63. The topological polar surface area (TPSA) is 89.5 Å². The van der Waals surface area contributed by atoms with E-state index in [2.05, 4.69) is 34.1 Å². The van der Waals surface area contributed by atoms with Gasteiger partial charge in [0.15, 0.2) is 12.5 Å². The van der Waals surface area contributed by atoms with E-state index in [0.717, 1.165) is 11.8 Å². The van der Waals surface area contributed by atoms with Crippen LogP contribution in [0.4, 0.5) is 16.2 Å². The van der Waals surface area contributed by atoms with Crippen LogP contribution in [-0.4, -0.2) is 40.1 Å². The van der Waals surface area contributed by atoms with Gasteiger partial charge in [-0.3, -0.25) is 4.79 Å². The average molecular weight is 452 g/mol. The van der Waals surface area contributed by atoms with Crippen LogP contribution in [0.2, 0.25) is 0 Å². The Labute approximate surface area is 191 Å². The highest BCUT2D eigenvalue weighted by Crippen LogP contribution is 2.29. The number of aromatic nitrogens is 3. The first-order chi connectivity index (χ1) is 15.9. The van der Waals surface area contributed by atoms with Crippen LogP contribution in [0.5, 0.6) is 11.6 Å². The second-order valence-electron chi connectivity index (χ2n) is 8.17. The van der Waals surface area contributed by atoms with Crippen molar-refractivity contribution in [3.8, 4) is 11.6 Å². The van der Waals surface area contributed by atoms with Crippen molar-refractivity contribution >= 4 is 18.1 Å². The van der Waals surface area contributed by atoms with Gasteiger partial charge in [-0.05, 0) is 48.7 Å². The van der Waals surface area contributed by atoms with Crippen LogP contribution in [0.15, 0.2) is 54.9 Å². The number of pyridine rings is 1. The minimum atomic E-state index is -0.657. The standard InChI is InChI=1S/C24H26FN5O3/c1-15(2)20-14-32-23(13-31)30(20)21-10-11-26-24(29-21)28-16(3)17-4-9-22(27-12-17)33-19-7-5-18(25)6-8-19/h4-13,15-16,20,23H,14H2,1-3H3,(H,26,28,29)/t16-,20+,23?/m0/s1. The maximum Gasteiger partial charge on any atom is 0.225 e. The molecule has 3 atom stereocenters. The summed E-state index contributed by atoms with van der Waals surface area (Å²) >= 11 is 0. The smallest absolute Gasteiger partial charge is 0.225 e.